The first-order valence-corrected chi connectivity index (χ1v) is 14.0. The Hall–Kier alpha value is -1.84. The largest absolute Gasteiger partial charge is 0.466 e. The third-order valence-electron chi connectivity index (χ3n) is 6.30. The molecule has 0 unspecified atom stereocenters. The Labute approximate surface area is 209 Å². The number of carbonyl (C=O) groups excluding carboxylic acids is 2. The first-order valence-electron chi connectivity index (χ1n) is 14.0. The van der Waals surface area contributed by atoms with Crippen LogP contribution in [-0.4, -0.2) is 18.5 Å². The molecule has 0 N–H and O–H groups in total. The summed E-state index contributed by atoms with van der Waals surface area (Å²) in [5, 5.41) is 0. The molecule has 0 atom stereocenters. The van der Waals surface area contributed by atoms with E-state index >= 15 is 0 Å². The maximum atomic E-state index is 12.0. The number of hydrogen-bond acceptors (Lipinski definition) is 4. The van der Waals surface area contributed by atoms with Crippen LogP contribution in [0.3, 0.4) is 0 Å². The van der Waals surface area contributed by atoms with E-state index in [4.69, 9.17) is 9.47 Å². The number of esters is 2. The third-order valence-corrected chi connectivity index (χ3v) is 6.30. The van der Waals surface area contributed by atoms with E-state index in [2.05, 4.69) is 20.8 Å². The Morgan fingerprint density at radius 2 is 1.12 bits per heavy atom. The lowest BCUT2D eigenvalue weighted by atomic mass is 10.0. The highest BCUT2D eigenvalue weighted by molar-refractivity contribution is 5.72. The molecular weight excluding hydrogens is 424 g/mol. The minimum absolute atomic E-state index is 0.0521. The van der Waals surface area contributed by atoms with E-state index in [0.717, 1.165) is 44.9 Å². The maximum absolute atomic E-state index is 12.0. The lowest BCUT2D eigenvalue weighted by Gasteiger charge is -2.08. The number of unbranched alkanes of at least 4 members (excludes halogenated alkanes) is 13. The Kier molecular flexibility index (Phi) is 18.2. The van der Waals surface area contributed by atoms with Gasteiger partial charge in [0, 0.05) is 12.8 Å². The molecular formula is C30H50O4. The van der Waals surface area contributed by atoms with Crippen molar-refractivity contribution in [3.05, 3.63) is 29.8 Å². The van der Waals surface area contributed by atoms with Crippen molar-refractivity contribution in [2.24, 2.45) is 0 Å². The standard InChI is InChI=1S/C30H50O4/c1-4-5-6-7-8-9-12-15-18-25-33-29(31)19-16-13-10-11-14-17-20-30(32)34-28-23-21-27(22-24-28)26(2)3/h21-24,26H,4-20,25H2,1-3H3. The number of hydrogen-bond donors (Lipinski definition) is 0. The van der Waals surface area contributed by atoms with Gasteiger partial charge in [0.1, 0.15) is 5.75 Å². The second kappa shape index (κ2) is 20.5. The molecule has 0 heterocycles. The normalized spacial score (nSPS) is 11.1. The van der Waals surface area contributed by atoms with E-state index in [0.29, 0.717) is 31.1 Å². The second-order valence-corrected chi connectivity index (χ2v) is 9.87. The molecule has 194 valence electrons. The Morgan fingerprint density at radius 1 is 0.647 bits per heavy atom. The molecule has 34 heavy (non-hydrogen) atoms. The summed E-state index contributed by atoms with van der Waals surface area (Å²) < 4.78 is 10.8. The number of benzene rings is 1. The van der Waals surface area contributed by atoms with Crippen molar-refractivity contribution in [2.75, 3.05) is 6.61 Å². The average Bonchev–Trinajstić information content (AvgIpc) is 2.82. The molecule has 0 aliphatic heterocycles. The first kappa shape index (κ1) is 30.2. The highest BCUT2D eigenvalue weighted by atomic mass is 16.5. The van der Waals surface area contributed by atoms with Crippen LogP contribution < -0.4 is 4.74 Å². The van der Waals surface area contributed by atoms with Gasteiger partial charge in [-0.1, -0.05) is 110 Å². The summed E-state index contributed by atoms with van der Waals surface area (Å²) in [6, 6.07) is 7.77. The number of carbonyl (C=O) groups is 2. The summed E-state index contributed by atoms with van der Waals surface area (Å²) in [6.07, 6.45) is 18.4. The van der Waals surface area contributed by atoms with Crippen LogP contribution in [0, 0.1) is 0 Å². The minimum Gasteiger partial charge on any atom is -0.466 e. The van der Waals surface area contributed by atoms with Gasteiger partial charge >= 0.3 is 11.9 Å². The topological polar surface area (TPSA) is 52.6 Å². The summed E-state index contributed by atoms with van der Waals surface area (Å²) in [5.74, 6) is 0.884. The van der Waals surface area contributed by atoms with Gasteiger partial charge in [0.15, 0.2) is 0 Å². The van der Waals surface area contributed by atoms with Crippen LogP contribution >= 0.6 is 0 Å². The smallest absolute Gasteiger partial charge is 0.311 e. The molecule has 1 rings (SSSR count). The zero-order chi connectivity index (χ0) is 24.9. The van der Waals surface area contributed by atoms with E-state index < -0.39 is 0 Å². The SMILES string of the molecule is CCCCCCCCCCCOC(=O)CCCCCCCCC(=O)Oc1ccc(C(C)C)cc1. The van der Waals surface area contributed by atoms with Crippen molar-refractivity contribution in [3.63, 3.8) is 0 Å². The van der Waals surface area contributed by atoms with E-state index in [1.165, 1.54) is 56.9 Å². The zero-order valence-corrected chi connectivity index (χ0v) is 22.2. The molecule has 0 aromatic heterocycles. The molecule has 1 aromatic carbocycles. The summed E-state index contributed by atoms with van der Waals surface area (Å²) in [6.45, 7) is 7.11. The van der Waals surface area contributed by atoms with Gasteiger partial charge in [-0.25, -0.2) is 0 Å². The van der Waals surface area contributed by atoms with Gasteiger partial charge in [0.2, 0.25) is 0 Å². The van der Waals surface area contributed by atoms with Gasteiger partial charge in [-0.2, -0.15) is 0 Å². The van der Waals surface area contributed by atoms with Crippen LogP contribution in [0.5, 0.6) is 5.75 Å². The molecule has 0 fully saturated rings. The highest BCUT2D eigenvalue weighted by Gasteiger charge is 2.06. The first-order chi connectivity index (χ1) is 16.5. The van der Waals surface area contributed by atoms with Crippen LogP contribution in [0.15, 0.2) is 24.3 Å². The number of ether oxygens (including phenoxy) is 2. The average molecular weight is 475 g/mol. The molecule has 0 saturated heterocycles. The highest BCUT2D eigenvalue weighted by Crippen LogP contribution is 2.19. The second-order valence-electron chi connectivity index (χ2n) is 9.87. The lowest BCUT2D eigenvalue weighted by molar-refractivity contribution is -0.144. The van der Waals surface area contributed by atoms with Crippen molar-refractivity contribution in [1.82, 2.24) is 0 Å². The fraction of sp³-hybridized carbons (Fsp3) is 0.733. The van der Waals surface area contributed by atoms with Crippen LogP contribution in [0.2, 0.25) is 0 Å². The van der Waals surface area contributed by atoms with Gasteiger partial charge in [-0.05, 0) is 42.9 Å². The van der Waals surface area contributed by atoms with Gasteiger partial charge in [0.25, 0.3) is 0 Å². The fourth-order valence-electron chi connectivity index (χ4n) is 4.02. The van der Waals surface area contributed by atoms with Crippen LogP contribution in [0.4, 0.5) is 0 Å². The molecule has 0 amide bonds. The van der Waals surface area contributed by atoms with Crippen LogP contribution in [0.25, 0.3) is 0 Å². The van der Waals surface area contributed by atoms with Crippen molar-refractivity contribution >= 4 is 11.9 Å². The predicted molar refractivity (Wildman–Crippen MR) is 141 cm³/mol. The van der Waals surface area contributed by atoms with E-state index in [-0.39, 0.29) is 11.9 Å². The van der Waals surface area contributed by atoms with E-state index in [9.17, 15) is 9.59 Å². The van der Waals surface area contributed by atoms with Gasteiger partial charge in [0.05, 0.1) is 6.61 Å². The molecule has 0 spiro atoms. The molecule has 0 saturated carbocycles. The van der Waals surface area contributed by atoms with Gasteiger partial charge in [-0.15, -0.1) is 0 Å². The van der Waals surface area contributed by atoms with Crippen LogP contribution in [0.1, 0.15) is 141 Å². The third kappa shape index (κ3) is 16.7. The fourth-order valence-corrected chi connectivity index (χ4v) is 4.02. The predicted octanol–water partition coefficient (Wildman–Crippen LogP) is 8.91. The van der Waals surface area contributed by atoms with Crippen molar-refractivity contribution < 1.29 is 19.1 Å². The molecule has 0 aliphatic carbocycles. The molecule has 0 aliphatic rings. The Balaban J connectivity index is 1.87. The molecule has 4 nitrogen and oxygen atoms in total. The van der Waals surface area contributed by atoms with Crippen LogP contribution in [-0.2, 0) is 14.3 Å². The monoisotopic (exact) mass is 474 g/mol. The molecule has 1 aromatic rings. The molecule has 0 bridgehead atoms. The summed E-state index contributed by atoms with van der Waals surface area (Å²) in [7, 11) is 0. The van der Waals surface area contributed by atoms with Gasteiger partial charge < -0.3 is 9.47 Å². The van der Waals surface area contributed by atoms with Crippen molar-refractivity contribution in [2.45, 2.75) is 136 Å². The summed E-state index contributed by atoms with van der Waals surface area (Å²) in [5.41, 5.74) is 1.24. The Morgan fingerprint density at radius 3 is 1.65 bits per heavy atom. The minimum atomic E-state index is -0.160. The van der Waals surface area contributed by atoms with Crippen molar-refractivity contribution in [1.29, 1.82) is 0 Å². The zero-order valence-electron chi connectivity index (χ0n) is 22.2. The Bertz CT molecular complexity index is 636. The molecule has 4 heteroatoms. The molecule has 0 radical (unpaired) electrons. The van der Waals surface area contributed by atoms with Gasteiger partial charge in [-0.3, -0.25) is 9.59 Å². The van der Waals surface area contributed by atoms with E-state index in [1.807, 2.05) is 24.3 Å². The number of rotatable bonds is 21. The quantitative estimate of drug-likeness (QED) is 0.101. The lowest BCUT2D eigenvalue weighted by Crippen LogP contribution is -2.07. The van der Waals surface area contributed by atoms with Crippen molar-refractivity contribution in [3.8, 4) is 5.75 Å². The summed E-state index contributed by atoms with van der Waals surface area (Å²) in [4.78, 5) is 23.8. The summed E-state index contributed by atoms with van der Waals surface area (Å²) >= 11 is 0. The maximum Gasteiger partial charge on any atom is 0.311 e. The van der Waals surface area contributed by atoms with E-state index in [1.54, 1.807) is 0 Å².